The SMILES string of the molecule is CCCc1cc(=O)[nH]c(Nc2ccc(S(=O)(=O)Nc3nc(C)cc(C)n3)cc2)n1. The van der Waals surface area contributed by atoms with Gasteiger partial charge in [0, 0.05) is 28.8 Å². The summed E-state index contributed by atoms with van der Waals surface area (Å²) in [5, 5.41) is 2.98. The molecule has 2 heterocycles. The summed E-state index contributed by atoms with van der Waals surface area (Å²) < 4.78 is 27.6. The minimum Gasteiger partial charge on any atom is -0.326 e. The van der Waals surface area contributed by atoms with E-state index in [9.17, 15) is 13.2 Å². The van der Waals surface area contributed by atoms with E-state index in [1.165, 1.54) is 18.2 Å². The van der Waals surface area contributed by atoms with Crippen molar-refractivity contribution in [2.45, 2.75) is 38.5 Å². The first-order valence-electron chi connectivity index (χ1n) is 9.07. The van der Waals surface area contributed by atoms with Gasteiger partial charge < -0.3 is 5.32 Å². The van der Waals surface area contributed by atoms with Gasteiger partial charge >= 0.3 is 0 Å². The van der Waals surface area contributed by atoms with Crippen molar-refractivity contribution in [3.8, 4) is 0 Å². The van der Waals surface area contributed by atoms with Crippen molar-refractivity contribution in [2.24, 2.45) is 0 Å². The van der Waals surface area contributed by atoms with Crippen molar-refractivity contribution in [1.82, 2.24) is 19.9 Å². The Morgan fingerprint density at radius 2 is 1.66 bits per heavy atom. The summed E-state index contributed by atoms with van der Waals surface area (Å²) in [6.45, 7) is 5.54. The molecular weight excluding hydrogens is 392 g/mol. The first-order chi connectivity index (χ1) is 13.7. The molecule has 0 saturated carbocycles. The number of rotatable bonds is 7. The number of benzene rings is 1. The molecule has 10 heteroatoms. The van der Waals surface area contributed by atoms with Crippen LogP contribution in [0.1, 0.15) is 30.4 Å². The van der Waals surface area contributed by atoms with E-state index in [2.05, 4.69) is 30.0 Å². The van der Waals surface area contributed by atoms with Crippen LogP contribution in [0.4, 0.5) is 17.6 Å². The Hall–Kier alpha value is -3.27. The summed E-state index contributed by atoms with van der Waals surface area (Å²) in [4.78, 5) is 27.0. The third kappa shape index (κ3) is 5.38. The van der Waals surface area contributed by atoms with Gasteiger partial charge in [-0.2, -0.15) is 0 Å². The number of hydrogen-bond acceptors (Lipinski definition) is 7. The quantitative estimate of drug-likeness (QED) is 0.542. The lowest BCUT2D eigenvalue weighted by Gasteiger charge is -2.10. The Bertz CT molecular complexity index is 1150. The zero-order valence-corrected chi connectivity index (χ0v) is 17.2. The molecule has 152 valence electrons. The van der Waals surface area contributed by atoms with Gasteiger partial charge in [-0.1, -0.05) is 13.3 Å². The molecular formula is C19H22N6O3S. The van der Waals surface area contributed by atoms with Crippen molar-refractivity contribution in [3.63, 3.8) is 0 Å². The second kappa shape index (κ2) is 8.39. The highest BCUT2D eigenvalue weighted by Gasteiger charge is 2.16. The number of anilines is 3. The highest BCUT2D eigenvalue weighted by molar-refractivity contribution is 7.92. The molecule has 0 unspecified atom stereocenters. The fourth-order valence-electron chi connectivity index (χ4n) is 2.76. The highest BCUT2D eigenvalue weighted by atomic mass is 32.2. The van der Waals surface area contributed by atoms with Gasteiger partial charge in [-0.15, -0.1) is 0 Å². The third-order valence-corrected chi connectivity index (χ3v) is 5.28. The van der Waals surface area contributed by atoms with E-state index in [-0.39, 0.29) is 16.4 Å². The second-order valence-electron chi connectivity index (χ2n) is 6.56. The number of sulfonamides is 1. The first kappa shape index (κ1) is 20.5. The van der Waals surface area contributed by atoms with Crippen LogP contribution >= 0.6 is 0 Å². The standard InChI is InChI=1S/C19H22N6O3S/c1-4-5-15-11-17(26)24-18(23-15)22-14-6-8-16(9-7-14)29(27,28)25-19-20-12(2)10-13(3)21-19/h6-11H,4-5H2,1-3H3,(H,20,21,25)(H2,22,23,24,26). The third-order valence-electron chi connectivity index (χ3n) is 3.94. The summed E-state index contributed by atoms with van der Waals surface area (Å²) in [6, 6.07) is 9.28. The van der Waals surface area contributed by atoms with E-state index in [1.54, 1.807) is 32.0 Å². The molecule has 3 aromatic rings. The molecule has 0 bridgehead atoms. The molecule has 0 atom stereocenters. The molecule has 9 nitrogen and oxygen atoms in total. The van der Waals surface area contributed by atoms with Crippen LogP contribution in [0.25, 0.3) is 0 Å². The molecule has 0 spiro atoms. The topological polar surface area (TPSA) is 130 Å². The van der Waals surface area contributed by atoms with Gasteiger partial charge in [0.1, 0.15) is 0 Å². The Labute approximate surface area is 168 Å². The van der Waals surface area contributed by atoms with E-state index in [4.69, 9.17) is 0 Å². The summed E-state index contributed by atoms with van der Waals surface area (Å²) in [5.74, 6) is 0.331. The summed E-state index contributed by atoms with van der Waals surface area (Å²) in [5.41, 5.74) is 2.37. The molecule has 3 rings (SSSR count). The summed E-state index contributed by atoms with van der Waals surface area (Å²) in [6.07, 6.45) is 1.57. The lowest BCUT2D eigenvalue weighted by atomic mass is 10.2. The number of nitrogens with one attached hydrogen (secondary N) is 3. The van der Waals surface area contributed by atoms with Crippen LogP contribution in [0.5, 0.6) is 0 Å². The van der Waals surface area contributed by atoms with Gasteiger partial charge in [0.05, 0.1) is 4.90 Å². The van der Waals surface area contributed by atoms with Gasteiger partial charge in [0.2, 0.25) is 11.9 Å². The fraction of sp³-hybridized carbons (Fsp3) is 0.263. The van der Waals surface area contributed by atoms with Gasteiger partial charge in [-0.05, 0) is 50.6 Å². The van der Waals surface area contributed by atoms with Gasteiger partial charge in [-0.25, -0.2) is 28.1 Å². The average Bonchev–Trinajstić information content (AvgIpc) is 2.60. The van der Waals surface area contributed by atoms with Crippen LogP contribution in [0.15, 0.2) is 46.1 Å². The Balaban J connectivity index is 1.78. The van der Waals surface area contributed by atoms with Crippen LogP contribution in [-0.4, -0.2) is 28.4 Å². The summed E-state index contributed by atoms with van der Waals surface area (Å²) in [7, 11) is -3.83. The molecule has 1 aromatic carbocycles. The normalized spacial score (nSPS) is 11.3. The molecule has 0 aliphatic heterocycles. The van der Waals surface area contributed by atoms with Crippen LogP contribution in [-0.2, 0) is 16.4 Å². The number of nitrogens with zero attached hydrogens (tertiary/aromatic N) is 3. The van der Waals surface area contributed by atoms with Gasteiger partial charge in [0.15, 0.2) is 0 Å². The van der Waals surface area contributed by atoms with Crippen molar-refractivity contribution in [3.05, 3.63) is 63.8 Å². The molecule has 0 amide bonds. The van der Waals surface area contributed by atoms with E-state index in [1.807, 2.05) is 6.92 Å². The monoisotopic (exact) mass is 414 g/mol. The average molecular weight is 414 g/mol. The Kier molecular flexibility index (Phi) is 5.92. The molecule has 0 saturated heterocycles. The first-order valence-corrected chi connectivity index (χ1v) is 10.6. The minimum absolute atomic E-state index is 0.0271. The number of hydrogen-bond donors (Lipinski definition) is 3. The van der Waals surface area contributed by atoms with Crippen LogP contribution in [0.3, 0.4) is 0 Å². The van der Waals surface area contributed by atoms with Crippen molar-refractivity contribution in [2.75, 3.05) is 10.0 Å². The van der Waals surface area contributed by atoms with Gasteiger partial charge in [0.25, 0.3) is 15.6 Å². The fourth-order valence-corrected chi connectivity index (χ4v) is 3.70. The van der Waals surface area contributed by atoms with E-state index in [0.29, 0.717) is 35.1 Å². The lowest BCUT2D eigenvalue weighted by Crippen LogP contribution is -2.16. The minimum atomic E-state index is -3.83. The second-order valence-corrected chi connectivity index (χ2v) is 8.25. The molecule has 2 aromatic heterocycles. The lowest BCUT2D eigenvalue weighted by molar-refractivity contribution is 0.601. The number of aromatic nitrogens is 4. The zero-order valence-electron chi connectivity index (χ0n) is 16.4. The number of H-pyrrole nitrogens is 1. The van der Waals surface area contributed by atoms with E-state index >= 15 is 0 Å². The maximum atomic E-state index is 12.6. The van der Waals surface area contributed by atoms with E-state index in [0.717, 1.165) is 6.42 Å². The largest absolute Gasteiger partial charge is 0.326 e. The molecule has 0 aliphatic carbocycles. The van der Waals surface area contributed by atoms with Crippen LogP contribution in [0, 0.1) is 13.8 Å². The Morgan fingerprint density at radius 3 is 2.28 bits per heavy atom. The smallest absolute Gasteiger partial charge is 0.264 e. The highest BCUT2D eigenvalue weighted by Crippen LogP contribution is 2.18. The van der Waals surface area contributed by atoms with Crippen molar-refractivity contribution < 1.29 is 8.42 Å². The molecule has 0 aliphatic rings. The molecule has 0 fully saturated rings. The van der Waals surface area contributed by atoms with Crippen molar-refractivity contribution in [1.29, 1.82) is 0 Å². The van der Waals surface area contributed by atoms with E-state index < -0.39 is 10.0 Å². The maximum absolute atomic E-state index is 12.6. The van der Waals surface area contributed by atoms with Crippen LogP contribution in [0.2, 0.25) is 0 Å². The predicted octanol–water partition coefficient (Wildman–Crippen LogP) is 2.67. The maximum Gasteiger partial charge on any atom is 0.264 e. The number of aromatic amines is 1. The molecule has 3 N–H and O–H groups in total. The van der Waals surface area contributed by atoms with Gasteiger partial charge in [-0.3, -0.25) is 9.78 Å². The summed E-state index contributed by atoms with van der Waals surface area (Å²) >= 11 is 0. The Morgan fingerprint density at radius 1 is 1.00 bits per heavy atom. The zero-order chi connectivity index (χ0) is 21.0. The predicted molar refractivity (Wildman–Crippen MR) is 111 cm³/mol. The van der Waals surface area contributed by atoms with Crippen molar-refractivity contribution >= 4 is 27.6 Å². The number of aryl methyl sites for hydroxylation is 3. The molecule has 29 heavy (non-hydrogen) atoms. The molecule has 0 radical (unpaired) electrons. The van der Waals surface area contributed by atoms with Crippen LogP contribution < -0.4 is 15.6 Å².